The van der Waals surface area contributed by atoms with Gasteiger partial charge in [0.05, 0.1) is 13.2 Å². The van der Waals surface area contributed by atoms with Crippen molar-refractivity contribution in [3.8, 4) is 0 Å². The Hall–Kier alpha value is -0.660. The summed E-state index contributed by atoms with van der Waals surface area (Å²) in [6, 6.07) is 0. The van der Waals surface area contributed by atoms with Gasteiger partial charge in [0.1, 0.15) is 0 Å². The summed E-state index contributed by atoms with van der Waals surface area (Å²) >= 11 is 0. The summed E-state index contributed by atoms with van der Waals surface area (Å²) in [6.07, 6.45) is 10.1. The molecule has 0 heterocycles. The van der Waals surface area contributed by atoms with Crippen molar-refractivity contribution in [3.05, 3.63) is 0 Å². The lowest BCUT2D eigenvalue weighted by Crippen LogP contribution is -2.17. The minimum atomic E-state index is -4.31. The molecule has 0 aliphatic carbocycles. The molecule has 21 heavy (non-hydrogen) atoms. The van der Waals surface area contributed by atoms with E-state index < -0.39 is 29.6 Å². The van der Waals surface area contributed by atoms with Crippen molar-refractivity contribution in [2.24, 2.45) is 0 Å². The number of aliphatic hydroxyl groups is 1. The minimum Gasteiger partial charge on any atom is -0.394 e. The molecule has 0 saturated heterocycles. The van der Waals surface area contributed by atoms with Crippen LogP contribution in [0.3, 0.4) is 0 Å². The highest BCUT2D eigenvalue weighted by molar-refractivity contribution is 7.82. The fraction of sp³-hybridized carbons (Fsp3) is 0.929. The molecule has 0 aliphatic heterocycles. The number of hydrogen-bond acceptors (Lipinski definition) is 6. The van der Waals surface area contributed by atoms with Crippen LogP contribution in [0, 0.1) is 0 Å². The number of carbonyl (C=O) groups is 1. The molecule has 0 bridgehead atoms. The normalized spacial score (nSPS) is 11.5. The Balaban J connectivity index is 3.49. The van der Waals surface area contributed by atoms with Gasteiger partial charge >= 0.3 is 16.4 Å². The van der Waals surface area contributed by atoms with Crippen LogP contribution in [0.1, 0.15) is 71.1 Å². The van der Waals surface area contributed by atoms with Crippen LogP contribution in [0.4, 0.5) is 0 Å². The third-order valence-corrected chi connectivity index (χ3v) is 3.84. The van der Waals surface area contributed by atoms with Crippen LogP contribution in [0.15, 0.2) is 0 Å². The Morgan fingerprint density at radius 1 is 0.952 bits per heavy atom. The van der Waals surface area contributed by atoms with E-state index in [2.05, 4.69) is 15.3 Å². The van der Waals surface area contributed by atoms with Crippen LogP contribution in [-0.2, 0) is 23.6 Å². The van der Waals surface area contributed by atoms with Crippen LogP contribution in [0.25, 0.3) is 0 Å². The lowest BCUT2D eigenvalue weighted by atomic mass is 10.1. The average molecular weight is 324 g/mol. The zero-order valence-electron chi connectivity index (χ0n) is 12.9. The molecule has 0 unspecified atom stereocenters. The molecule has 1 N–H and O–H groups in total. The summed E-state index contributed by atoms with van der Waals surface area (Å²) in [5.74, 6) is -0.809. The van der Waals surface area contributed by atoms with E-state index >= 15 is 0 Å². The standard InChI is InChI=1S/C14H28O6S/c1-2-3-4-5-6-7-8-9-10-11-14(16)20-21(17,18)19-13-12-15/h15H,2-13H2,1H3. The smallest absolute Gasteiger partial charge is 0.394 e. The van der Waals surface area contributed by atoms with Crippen LogP contribution in [-0.4, -0.2) is 32.7 Å². The minimum absolute atomic E-state index is 0.0670. The fourth-order valence-corrected chi connectivity index (χ4v) is 2.54. The van der Waals surface area contributed by atoms with Crippen molar-refractivity contribution < 1.29 is 26.7 Å². The van der Waals surface area contributed by atoms with Crippen LogP contribution in [0.2, 0.25) is 0 Å². The van der Waals surface area contributed by atoms with Gasteiger partial charge in [-0.15, -0.1) is 0 Å². The second-order valence-corrected chi connectivity index (χ2v) is 6.21. The van der Waals surface area contributed by atoms with Crippen molar-refractivity contribution in [2.45, 2.75) is 71.1 Å². The van der Waals surface area contributed by atoms with Gasteiger partial charge in [0.15, 0.2) is 0 Å². The number of carbonyl (C=O) groups excluding carboxylic acids is 1. The largest absolute Gasteiger partial charge is 0.451 e. The highest BCUT2D eigenvalue weighted by Crippen LogP contribution is 2.11. The molecule has 0 aromatic heterocycles. The summed E-state index contributed by atoms with van der Waals surface area (Å²) in [5.41, 5.74) is 0. The second kappa shape index (κ2) is 13.0. The molecule has 6 nitrogen and oxygen atoms in total. The predicted octanol–water partition coefficient (Wildman–Crippen LogP) is 2.70. The maximum Gasteiger partial charge on any atom is 0.451 e. The molecule has 0 fully saturated rings. The summed E-state index contributed by atoms with van der Waals surface area (Å²) < 4.78 is 30.6. The van der Waals surface area contributed by atoms with Crippen molar-refractivity contribution in [1.29, 1.82) is 0 Å². The van der Waals surface area contributed by atoms with E-state index in [1.165, 1.54) is 32.1 Å². The topological polar surface area (TPSA) is 89.9 Å². The molecule has 0 aliphatic rings. The quantitative estimate of drug-likeness (QED) is 0.494. The molecule has 0 amide bonds. The van der Waals surface area contributed by atoms with Crippen molar-refractivity contribution in [3.63, 3.8) is 0 Å². The first-order valence-corrected chi connectivity index (χ1v) is 9.07. The molecule has 0 saturated carbocycles. The predicted molar refractivity (Wildman–Crippen MR) is 79.9 cm³/mol. The highest BCUT2D eigenvalue weighted by atomic mass is 32.3. The van der Waals surface area contributed by atoms with Gasteiger partial charge in [-0.25, -0.2) is 4.18 Å². The molecule has 0 aromatic rings. The first kappa shape index (κ1) is 20.3. The van der Waals surface area contributed by atoms with E-state index in [0.717, 1.165) is 19.3 Å². The Morgan fingerprint density at radius 2 is 1.48 bits per heavy atom. The van der Waals surface area contributed by atoms with Crippen LogP contribution < -0.4 is 0 Å². The fourth-order valence-electron chi connectivity index (χ4n) is 1.90. The Bertz CT molecular complexity index is 352. The molecule has 0 spiro atoms. The number of aliphatic hydroxyl groups excluding tert-OH is 1. The number of unbranched alkanes of at least 4 members (excludes halogenated alkanes) is 8. The molecule has 126 valence electrons. The third-order valence-electron chi connectivity index (χ3n) is 3.00. The number of hydrogen-bond donors (Lipinski definition) is 1. The Kier molecular flexibility index (Phi) is 12.6. The van der Waals surface area contributed by atoms with E-state index in [4.69, 9.17) is 5.11 Å². The molecular formula is C14H28O6S. The summed E-state index contributed by atoms with van der Waals surface area (Å²) in [5, 5.41) is 8.43. The molecule has 0 radical (unpaired) electrons. The van der Waals surface area contributed by atoms with Gasteiger partial charge in [-0.1, -0.05) is 58.3 Å². The van der Waals surface area contributed by atoms with E-state index in [-0.39, 0.29) is 6.42 Å². The van der Waals surface area contributed by atoms with E-state index in [0.29, 0.717) is 6.42 Å². The first-order valence-electron chi connectivity index (χ1n) is 7.74. The Labute approximate surface area is 128 Å². The lowest BCUT2D eigenvalue weighted by molar-refractivity contribution is -0.134. The highest BCUT2D eigenvalue weighted by Gasteiger charge is 2.17. The monoisotopic (exact) mass is 324 g/mol. The summed E-state index contributed by atoms with van der Waals surface area (Å²) in [6.45, 7) is 1.33. The van der Waals surface area contributed by atoms with Crippen molar-refractivity contribution in [1.82, 2.24) is 0 Å². The van der Waals surface area contributed by atoms with E-state index in [1.54, 1.807) is 0 Å². The van der Waals surface area contributed by atoms with Gasteiger partial charge in [-0.2, -0.15) is 8.42 Å². The maximum absolute atomic E-state index is 11.3. The van der Waals surface area contributed by atoms with Gasteiger partial charge in [0, 0.05) is 6.42 Å². The molecule has 0 rings (SSSR count). The number of rotatable bonds is 14. The van der Waals surface area contributed by atoms with E-state index in [9.17, 15) is 13.2 Å². The SMILES string of the molecule is CCCCCCCCCCCC(=O)OS(=O)(=O)OCCO. The van der Waals surface area contributed by atoms with Gasteiger partial charge in [0.25, 0.3) is 0 Å². The third kappa shape index (κ3) is 14.1. The van der Waals surface area contributed by atoms with Crippen molar-refractivity contribution in [2.75, 3.05) is 13.2 Å². The zero-order valence-corrected chi connectivity index (χ0v) is 13.7. The molecule has 0 aromatic carbocycles. The van der Waals surface area contributed by atoms with Gasteiger partial charge in [-0.05, 0) is 6.42 Å². The summed E-state index contributed by atoms with van der Waals surface area (Å²) in [7, 11) is -4.31. The van der Waals surface area contributed by atoms with Crippen LogP contribution in [0.5, 0.6) is 0 Å². The van der Waals surface area contributed by atoms with Crippen LogP contribution >= 0.6 is 0 Å². The van der Waals surface area contributed by atoms with E-state index in [1.807, 2.05) is 0 Å². The average Bonchev–Trinajstić information content (AvgIpc) is 2.43. The van der Waals surface area contributed by atoms with Gasteiger partial charge in [0.2, 0.25) is 0 Å². The van der Waals surface area contributed by atoms with Crippen molar-refractivity contribution >= 4 is 16.4 Å². The second-order valence-electron chi connectivity index (χ2n) is 4.99. The molecular weight excluding hydrogens is 296 g/mol. The van der Waals surface area contributed by atoms with Gasteiger partial charge < -0.3 is 9.29 Å². The lowest BCUT2D eigenvalue weighted by Gasteiger charge is -2.05. The first-order chi connectivity index (χ1) is 10.0. The summed E-state index contributed by atoms with van der Waals surface area (Å²) in [4.78, 5) is 11.3. The zero-order chi connectivity index (χ0) is 16.0. The molecule has 0 atom stereocenters. The molecule has 7 heteroatoms. The maximum atomic E-state index is 11.3. The Morgan fingerprint density at radius 3 is 2.00 bits per heavy atom. The van der Waals surface area contributed by atoms with Gasteiger partial charge in [-0.3, -0.25) is 4.79 Å².